The van der Waals surface area contributed by atoms with Gasteiger partial charge in [0, 0.05) is 17.8 Å². The van der Waals surface area contributed by atoms with Gasteiger partial charge in [-0.1, -0.05) is 43.0 Å². The van der Waals surface area contributed by atoms with Gasteiger partial charge in [-0.25, -0.2) is 9.97 Å². The van der Waals surface area contributed by atoms with Crippen LogP contribution in [0.5, 0.6) is 0 Å². The molecule has 28 heavy (non-hydrogen) atoms. The second-order valence-electron chi connectivity index (χ2n) is 7.13. The number of fused-ring (bicyclic) bond motifs is 1. The van der Waals surface area contributed by atoms with E-state index >= 15 is 0 Å². The van der Waals surface area contributed by atoms with Gasteiger partial charge >= 0.3 is 0 Å². The number of hydrogen-bond donors (Lipinski definition) is 4. The highest BCUT2D eigenvalue weighted by molar-refractivity contribution is 8.15. The van der Waals surface area contributed by atoms with Crippen LogP contribution < -0.4 is 5.32 Å². The lowest BCUT2D eigenvalue weighted by molar-refractivity contribution is 0.0531. The third-order valence-corrected chi connectivity index (χ3v) is 6.13. The third-order valence-electron chi connectivity index (χ3n) is 5.13. The van der Waals surface area contributed by atoms with Crippen molar-refractivity contribution in [2.75, 3.05) is 5.32 Å². The molecule has 4 N–H and O–H groups in total. The monoisotopic (exact) mass is 395 g/mol. The highest BCUT2D eigenvalue weighted by Crippen LogP contribution is 2.44. The molecule has 1 aromatic carbocycles. The van der Waals surface area contributed by atoms with E-state index in [0.29, 0.717) is 40.8 Å². The van der Waals surface area contributed by atoms with E-state index < -0.39 is 5.60 Å². The summed E-state index contributed by atoms with van der Waals surface area (Å²) in [6.07, 6.45) is 2.15. The van der Waals surface area contributed by atoms with E-state index in [2.05, 4.69) is 15.3 Å². The van der Waals surface area contributed by atoms with Crippen LogP contribution in [0.1, 0.15) is 50.9 Å². The van der Waals surface area contributed by atoms with Crippen molar-refractivity contribution in [1.29, 1.82) is 10.8 Å². The topological polar surface area (TPSA) is 106 Å². The highest BCUT2D eigenvalue weighted by Gasteiger charge is 2.29. The van der Waals surface area contributed by atoms with Crippen molar-refractivity contribution in [3.8, 4) is 0 Å². The lowest BCUT2D eigenvalue weighted by Crippen LogP contribution is -2.19. The molecule has 1 aliphatic rings. The second-order valence-corrected chi connectivity index (χ2v) is 8.15. The minimum Gasteiger partial charge on any atom is -0.385 e. The van der Waals surface area contributed by atoms with Gasteiger partial charge in [0.2, 0.25) is 0 Å². The fourth-order valence-electron chi connectivity index (χ4n) is 2.94. The number of thioether (sulfide) groups is 1. The van der Waals surface area contributed by atoms with Gasteiger partial charge in [-0.3, -0.25) is 5.41 Å². The molecule has 0 bridgehead atoms. The number of nitrogens with zero attached hydrogens (tertiary/aromatic N) is 2. The van der Waals surface area contributed by atoms with E-state index in [1.807, 2.05) is 45.0 Å². The van der Waals surface area contributed by atoms with Crippen LogP contribution in [0.25, 0.3) is 5.57 Å². The number of allylic oxidation sites excluding steroid dienone is 1. The van der Waals surface area contributed by atoms with Gasteiger partial charge in [0.1, 0.15) is 17.2 Å². The number of benzene rings is 1. The summed E-state index contributed by atoms with van der Waals surface area (Å²) in [7, 11) is 0. The Labute approximate surface area is 169 Å². The standard InChI is InChI=1S/C21H25N5OS/c1-5-21(4,27)15-8-6-14(7-9-15)10-24-20-18-17(25-11-26-20)16(19(23)28-18)12(2)13(3)22/h6-9,11,22-23,27H,5,10H2,1-4H3,(H,24,25,26)/b16-12-,22-13?,23-19?. The van der Waals surface area contributed by atoms with Crippen molar-refractivity contribution < 1.29 is 5.11 Å². The first-order chi connectivity index (χ1) is 13.2. The largest absolute Gasteiger partial charge is 0.385 e. The lowest BCUT2D eigenvalue weighted by atomic mass is 9.93. The molecule has 0 fully saturated rings. The first-order valence-corrected chi connectivity index (χ1v) is 10.0. The van der Waals surface area contributed by atoms with Crippen LogP contribution in [0.3, 0.4) is 0 Å². The van der Waals surface area contributed by atoms with Gasteiger partial charge in [0.25, 0.3) is 0 Å². The molecule has 7 heteroatoms. The van der Waals surface area contributed by atoms with Crippen LogP contribution in [-0.4, -0.2) is 25.8 Å². The minimum atomic E-state index is -0.815. The van der Waals surface area contributed by atoms with Crippen LogP contribution in [0, 0.1) is 10.8 Å². The van der Waals surface area contributed by atoms with Crippen molar-refractivity contribution >= 4 is 33.9 Å². The van der Waals surface area contributed by atoms with Crippen molar-refractivity contribution in [3.05, 3.63) is 53.0 Å². The van der Waals surface area contributed by atoms with Crippen LogP contribution in [0.4, 0.5) is 5.82 Å². The summed E-state index contributed by atoms with van der Waals surface area (Å²) in [6.45, 7) is 7.93. The van der Waals surface area contributed by atoms with Crippen molar-refractivity contribution in [2.24, 2.45) is 0 Å². The number of rotatable bonds is 6. The molecule has 0 spiro atoms. The Balaban J connectivity index is 1.82. The molecular weight excluding hydrogens is 370 g/mol. The fraction of sp³-hybridized carbons (Fsp3) is 0.333. The summed E-state index contributed by atoms with van der Waals surface area (Å²) in [4.78, 5) is 9.54. The Hall–Kier alpha value is -2.51. The Morgan fingerprint density at radius 2 is 1.89 bits per heavy atom. The summed E-state index contributed by atoms with van der Waals surface area (Å²) >= 11 is 1.32. The molecule has 6 nitrogen and oxygen atoms in total. The third kappa shape index (κ3) is 3.86. The van der Waals surface area contributed by atoms with E-state index in [1.54, 1.807) is 6.92 Å². The zero-order valence-corrected chi connectivity index (χ0v) is 17.4. The number of nitrogens with one attached hydrogen (secondary N) is 3. The minimum absolute atomic E-state index is 0.397. The second kappa shape index (κ2) is 7.85. The molecular formula is C21H25N5OS. The summed E-state index contributed by atoms with van der Waals surface area (Å²) in [5, 5.41) is 30.3. The Bertz CT molecular complexity index is 963. The van der Waals surface area contributed by atoms with E-state index in [0.717, 1.165) is 21.6 Å². The number of anilines is 1. The Morgan fingerprint density at radius 3 is 2.50 bits per heavy atom. The van der Waals surface area contributed by atoms with Crippen LogP contribution in [-0.2, 0) is 12.1 Å². The predicted octanol–water partition coefficient (Wildman–Crippen LogP) is 4.60. The van der Waals surface area contributed by atoms with Gasteiger partial charge in [-0.15, -0.1) is 0 Å². The van der Waals surface area contributed by atoms with E-state index in [-0.39, 0.29) is 0 Å². The molecule has 0 amide bonds. The van der Waals surface area contributed by atoms with Gasteiger partial charge in [0.15, 0.2) is 0 Å². The Morgan fingerprint density at radius 1 is 1.21 bits per heavy atom. The predicted molar refractivity (Wildman–Crippen MR) is 115 cm³/mol. The van der Waals surface area contributed by atoms with E-state index in [9.17, 15) is 5.11 Å². The zero-order valence-electron chi connectivity index (χ0n) is 16.6. The molecule has 1 aliphatic heterocycles. The van der Waals surface area contributed by atoms with Gasteiger partial charge in [-0.2, -0.15) is 0 Å². The summed E-state index contributed by atoms with van der Waals surface area (Å²) < 4.78 is 0. The summed E-state index contributed by atoms with van der Waals surface area (Å²) in [6, 6.07) is 7.90. The molecule has 1 unspecified atom stereocenters. The maximum atomic E-state index is 10.4. The first kappa shape index (κ1) is 20.2. The summed E-state index contributed by atoms with van der Waals surface area (Å²) in [5.41, 5.74) is 3.78. The molecule has 0 saturated carbocycles. The smallest absolute Gasteiger partial charge is 0.144 e. The van der Waals surface area contributed by atoms with Crippen molar-refractivity contribution in [3.63, 3.8) is 0 Å². The van der Waals surface area contributed by atoms with Crippen LogP contribution >= 0.6 is 11.8 Å². The molecule has 0 radical (unpaired) electrons. The summed E-state index contributed by atoms with van der Waals surface area (Å²) in [5.74, 6) is 0.690. The van der Waals surface area contributed by atoms with E-state index in [4.69, 9.17) is 10.8 Å². The number of aromatic nitrogens is 2. The lowest BCUT2D eigenvalue weighted by Gasteiger charge is -2.22. The Kier molecular flexibility index (Phi) is 5.67. The van der Waals surface area contributed by atoms with E-state index in [1.165, 1.54) is 18.1 Å². The fourth-order valence-corrected chi connectivity index (χ4v) is 3.97. The average molecular weight is 396 g/mol. The molecule has 1 atom stereocenters. The van der Waals surface area contributed by atoms with Crippen molar-refractivity contribution in [2.45, 2.75) is 51.2 Å². The van der Waals surface area contributed by atoms with Gasteiger partial charge in [-0.05, 0) is 43.9 Å². The number of aliphatic hydroxyl groups is 1. The van der Waals surface area contributed by atoms with Crippen LogP contribution in [0.2, 0.25) is 0 Å². The SMILES string of the molecule is CCC(C)(O)c1ccc(CNc2ncnc3c2SC(=N)/C3=C(/C)C(C)=N)cc1. The maximum absolute atomic E-state index is 10.4. The number of hydrogen-bond acceptors (Lipinski definition) is 7. The van der Waals surface area contributed by atoms with Crippen molar-refractivity contribution in [1.82, 2.24) is 9.97 Å². The van der Waals surface area contributed by atoms with Gasteiger partial charge in [0.05, 0.1) is 16.2 Å². The molecule has 1 aromatic heterocycles. The molecule has 3 rings (SSSR count). The first-order valence-electron chi connectivity index (χ1n) is 9.18. The molecule has 0 aliphatic carbocycles. The van der Waals surface area contributed by atoms with Crippen LogP contribution in [0.15, 0.2) is 41.1 Å². The van der Waals surface area contributed by atoms with Gasteiger partial charge < -0.3 is 15.8 Å². The molecule has 2 aromatic rings. The molecule has 0 saturated heterocycles. The zero-order chi connectivity index (χ0) is 20.5. The highest BCUT2D eigenvalue weighted by atomic mass is 32.2. The normalized spacial score (nSPS) is 17.1. The maximum Gasteiger partial charge on any atom is 0.144 e. The molecule has 146 valence electrons. The average Bonchev–Trinajstić information content (AvgIpc) is 3.02. The molecule has 2 heterocycles. The quantitative estimate of drug-likeness (QED) is 0.535.